The number of nitrogens with one attached hydrogen (secondary N) is 1. The van der Waals surface area contributed by atoms with Gasteiger partial charge in [0.25, 0.3) is 0 Å². The normalized spacial score (nSPS) is 14.2. The van der Waals surface area contributed by atoms with Gasteiger partial charge in [0, 0.05) is 29.2 Å². The fourth-order valence-corrected chi connectivity index (χ4v) is 2.01. The van der Waals surface area contributed by atoms with Gasteiger partial charge in [-0.1, -0.05) is 29.8 Å². The number of aromatic nitrogens is 2. The molecule has 1 heterocycles. The molecule has 4 nitrogen and oxygen atoms in total. The van der Waals surface area contributed by atoms with Crippen LogP contribution in [0.4, 0.5) is 0 Å². The largest absolute Gasteiger partial charge is 0.472 e. The minimum atomic E-state index is 0.397. The number of benzene rings is 1. The van der Waals surface area contributed by atoms with E-state index in [0.29, 0.717) is 23.6 Å². The van der Waals surface area contributed by atoms with Crippen LogP contribution in [0.25, 0.3) is 0 Å². The van der Waals surface area contributed by atoms with E-state index in [1.807, 2.05) is 36.4 Å². The molecule has 0 aliphatic heterocycles. The number of halogens is 1. The molecule has 0 radical (unpaired) electrons. The first-order valence-electron chi connectivity index (χ1n) is 6.73. The van der Waals surface area contributed by atoms with Crippen molar-refractivity contribution in [2.75, 3.05) is 0 Å². The highest BCUT2D eigenvalue weighted by atomic mass is 35.5. The molecule has 0 spiro atoms. The maximum atomic E-state index is 6.07. The molecule has 0 atom stereocenters. The van der Waals surface area contributed by atoms with E-state index in [9.17, 15) is 0 Å². The lowest BCUT2D eigenvalue weighted by Crippen LogP contribution is -2.16. The van der Waals surface area contributed by atoms with Crippen LogP contribution in [0.5, 0.6) is 5.88 Å². The van der Waals surface area contributed by atoms with E-state index in [1.54, 1.807) is 0 Å². The van der Waals surface area contributed by atoms with Crippen molar-refractivity contribution in [3.8, 4) is 5.88 Å². The van der Waals surface area contributed by atoms with Gasteiger partial charge in [0.15, 0.2) is 0 Å². The second kappa shape index (κ2) is 6.20. The van der Waals surface area contributed by atoms with Gasteiger partial charge in [-0.25, -0.2) is 0 Å². The monoisotopic (exact) mass is 289 g/mol. The smallest absolute Gasteiger partial charge is 0.233 e. The van der Waals surface area contributed by atoms with Gasteiger partial charge in [0.05, 0.1) is 5.69 Å². The summed E-state index contributed by atoms with van der Waals surface area (Å²) in [5, 5.41) is 12.3. The SMILES string of the molecule is Clc1ccccc1COc1ccc(CNC2CC2)nn1. The third-order valence-electron chi connectivity index (χ3n) is 3.18. The Morgan fingerprint density at radius 1 is 1.15 bits per heavy atom. The molecular weight excluding hydrogens is 274 g/mol. The minimum Gasteiger partial charge on any atom is -0.472 e. The third-order valence-corrected chi connectivity index (χ3v) is 3.55. The molecule has 1 N–H and O–H groups in total. The summed E-state index contributed by atoms with van der Waals surface area (Å²) in [5.74, 6) is 0.514. The molecule has 0 unspecified atom stereocenters. The summed E-state index contributed by atoms with van der Waals surface area (Å²) in [5.41, 5.74) is 1.87. The molecule has 1 aliphatic rings. The second-order valence-electron chi connectivity index (χ2n) is 4.90. The van der Waals surface area contributed by atoms with Gasteiger partial charge >= 0.3 is 0 Å². The van der Waals surface area contributed by atoms with Crippen molar-refractivity contribution < 1.29 is 4.74 Å². The van der Waals surface area contributed by atoms with Crippen LogP contribution in [0.1, 0.15) is 24.1 Å². The number of ether oxygens (including phenoxy) is 1. The maximum absolute atomic E-state index is 6.07. The fourth-order valence-electron chi connectivity index (χ4n) is 1.82. The summed E-state index contributed by atoms with van der Waals surface area (Å²) in [7, 11) is 0. The summed E-state index contributed by atoms with van der Waals surface area (Å²) in [4.78, 5) is 0. The van der Waals surface area contributed by atoms with Gasteiger partial charge < -0.3 is 10.1 Å². The molecule has 5 heteroatoms. The van der Waals surface area contributed by atoms with Crippen LogP contribution in [0.2, 0.25) is 5.02 Å². The van der Waals surface area contributed by atoms with Crippen LogP contribution in [0.15, 0.2) is 36.4 Å². The zero-order valence-corrected chi connectivity index (χ0v) is 11.8. The predicted octanol–water partition coefficient (Wildman–Crippen LogP) is 2.96. The molecule has 104 valence electrons. The molecule has 0 bridgehead atoms. The van der Waals surface area contributed by atoms with E-state index in [0.717, 1.165) is 17.8 Å². The zero-order valence-electron chi connectivity index (χ0n) is 11.1. The highest BCUT2D eigenvalue weighted by Gasteiger charge is 2.20. The lowest BCUT2D eigenvalue weighted by atomic mass is 10.2. The van der Waals surface area contributed by atoms with Gasteiger partial charge in [0.1, 0.15) is 6.61 Å². The molecular formula is C15H16ClN3O. The summed E-state index contributed by atoms with van der Waals surface area (Å²) < 4.78 is 5.59. The number of hydrogen-bond donors (Lipinski definition) is 1. The summed E-state index contributed by atoms with van der Waals surface area (Å²) in [6, 6.07) is 12.1. The Bertz CT molecular complexity index is 570. The standard InChI is InChI=1S/C15H16ClN3O/c16-14-4-2-1-3-11(14)10-20-15-8-7-13(18-19-15)9-17-12-5-6-12/h1-4,7-8,12,17H,5-6,9-10H2. The first kappa shape index (κ1) is 13.3. The minimum absolute atomic E-state index is 0.397. The van der Waals surface area contributed by atoms with E-state index in [4.69, 9.17) is 16.3 Å². The predicted molar refractivity (Wildman–Crippen MR) is 77.7 cm³/mol. The molecule has 1 aromatic heterocycles. The Morgan fingerprint density at radius 3 is 2.70 bits per heavy atom. The van der Waals surface area contributed by atoms with E-state index in [1.165, 1.54) is 12.8 Å². The molecule has 1 aromatic carbocycles. The van der Waals surface area contributed by atoms with Crippen LogP contribution >= 0.6 is 11.6 Å². The Hall–Kier alpha value is -1.65. The average Bonchev–Trinajstić information content (AvgIpc) is 3.30. The van der Waals surface area contributed by atoms with Crippen LogP contribution in [0, 0.1) is 0 Å². The lowest BCUT2D eigenvalue weighted by Gasteiger charge is -2.07. The van der Waals surface area contributed by atoms with E-state index >= 15 is 0 Å². The lowest BCUT2D eigenvalue weighted by molar-refractivity contribution is 0.290. The quantitative estimate of drug-likeness (QED) is 0.888. The Labute approximate surface area is 123 Å². The average molecular weight is 290 g/mol. The van der Waals surface area contributed by atoms with Crippen molar-refractivity contribution in [2.24, 2.45) is 0 Å². The molecule has 1 saturated carbocycles. The summed E-state index contributed by atoms with van der Waals surface area (Å²) in [6.45, 7) is 1.16. The van der Waals surface area contributed by atoms with Gasteiger partial charge in [0.2, 0.25) is 5.88 Å². The van der Waals surface area contributed by atoms with Crippen molar-refractivity contribution in [2.45, 2.75) is 32.0 Å². The molecule has 1 fully saturated rings. The van der Waals surface area contributed by atoms with Crippen LogP contribution in [-0.4, -0.2) is 16.2 Å². The van der Waals surface area contributed by atoms with Crippen molar-refractivity contribution in [1.82, 2.24) is 15.5 Å². The van der Waals surface area contributed by atoms with Crippen molar-refractivity contribution in [3.63, 3.8) is 0 Å². The molecule has 1 aliphatic carbocycles. The second-order valence-corrected chi connectivity index (χ2v) is 5.31. The van der Waals surface area contributed by atoms with E-state index in [2.05, 4.69) is 15.5 Å². The highest BCUT2D eigenvalue weighted by Crippen LogP contribution is 2.19. The number of hydrogen-bond acceptors (Lipinski definition) is 4. The van der Waals surface area contributed by atoms with Gasteiger partial charge in [-0.05, 0) is 25.0 Å². The molecule has 3 rings (SSSR count). The summed E-state index contributed by atoms with van der Waals surface area (Å²) in [6.07, 6.45) is 2.54. The number of nitrogens with zero attached hydrogens (tertiary/aromatic N) is 2. The number of rotatable bonds is 6. The highest BCUT2D eigenvalue weighted by molar-refractivity contribution is 6.31. The Morgan fingerprint density at radius 2 is 2.00 bits per heavy atom. The van der Waals surface area contributed by atoms with Gasteiger partial charge in [-0.3, -0.25) is 0 Å². The Balaban J connectivity index is 1.53. The Kier molecular flexibility index (Phi) is 4.14. The fraction of sp³-hybridized carbons (Fsp3) is 0.333. The molecule has 0 amide bonds. The maximum Gasteiger partial charge on any atom is 0.233 e. The zero-order chi connectivity index (χ0) is 13.8. The molecule has 0 saturated heterocycles. The third kappa shape index (κ3) is 3.68. The van der Waals surface area contributed by atoms with E-state index < -0.39 is 0 Å². The molecule has 2 aromatic rings. The molecule has 20 heavy (non-hydrogen) atoms. The first-order valence-corrected chi connectivity index (χ1v) is 7.11. The van der Waals surface area contributed by atoms with Crippen LogP contribution in [-0.2, 0) is 13.2 Å². The topological polar surface area (TPSA) is 47.0 Å². The summed E-state index contributed by atoms with van der Waals surface area (Å²) >= 11 is 6.07. The van der Waals surface area contributed by atoms with Crippen molar-refractivity contribution in [1.29, 1.82) is 0 Å². The van der Waals surface area contributed by atoms with Crippen molar-refractivity contribution >= 4 is 11.6 Å². The van der Waals surface area contributed by atoms with Crippen LogP contribution in [0.3, 0.4) is 0 Å². The van der Waals surface area contributed by atoms with E-state index in [-0.39, 0.29) is 0 Å². The van der Waals surface area contributed by atoms with Gasteiger partial charge in [-0.15, -0.1) is 5.10 Å². The van der Waals surface area contributed by atoms with Crippen molar-refractivity contribution in [3.05, 3.63) is 52.7 Å². The van der Waals surface area contributed by atoms with Crippen LogP contribution < -0.4 is 10.1 Å². The van der Waals surface area contributed by atoms with Gasteiger partial charge in [-0.2, -0.15) is 5.10 Å². The first-order chi connectivity index (χ1) is 9.81.